The molecule has 27 heavy (non-hydrogen) atoms. The van der Waals surface area contributed by atoms with Crippen LogP contribution in [0, 0.1) is 18.8 Å². The van der Waals surface area contributed by atoms with Gasteiger partial charge in [-0.2, -0.15) is 0 Å². The summed E-state index contributed by atoms with van der Waals surface area (Å²) in [6, 6.07) is 3.66. The highest BCUT2D eigenvalue weighted by Crippen LogP contribution is 2.35. The average molecular weight is 387 g/mol. The number of imidazole rings is 1. The normalized spacial score (nSPS) is 19.4. The number of nitrogens with zero attached hydrogens (tertiary/aromatic N) is 4. The summed E-state index contributed by atoms with van der Waals surface area (Å²) in [5, 5.41) is 10.6. The van der Waals surface area contributed by atoms with Crippen molar-refractivity contribution < 1.29 is 14.3 Å². The van der Waals surface area contributed by atoms with Crippen LogP contribution in [0.1, 0.15) is 44.0 Å². The predicted octanol–water partition coefficient (Wildman–Crippen LogP) is 3.48. The molecule has 2 atom stereocenters. The van der Waals surface area contributed by atoms with Crippen molar-refractivity contribution in [2.45, 2.75) is 45.4 Å². The van der Waals surface area contributed by atoms with Gasteiger partial charge in [0.1, 0.15) is 17.4 Å². The number of hydrogen-bond donors (Lipinski definition) is 1. The maximum atomic E-state index is 10.4. The third kappa shape index (κ3) is 3.32. The van der Waals surface area contributed by atoms with E-state index >= 15 is 0 Å². The molecule has 1 aliphatic rings. The van der Waals surface area contributed by atoms with Crippen molar-refractivity contribution >= 4 is 22.8 Å². The molecule has 0 amide bonds. The Labute approximate surface area is 161 Å². The fraction of sp³-hybridized carbons (Fsp3) is 0.421. The zero-order valence-corrected chi connectivity index (χ0v) is 15.8. The molecule has 1 fully saturated rings. The Morgan fingerprint density at radius 1 is 1.33 bits per heavy atom. The van der Waals surface area contributed by atoms with E-state index in [1.807, 2.05) is 19.1 Å². The van der Waals surface area contributed by atoms with Gasteiger partial charge in [-0.05, 0) is 31.4 Å². The van der Waals surface area contributed by atoms with Gasteiger partial charge in [0.25, 0.3) is 0 Å². The molecule has 140 valence electrons. The van der Waals surface area contributed by atoms with Crippen molar-refractivity contribution in [2.75, 3.05) is 6.61 Å². The number of fused-ring (bicyclic) bond motifs is 1. The van der Waals surface area contributed by atoms with Crippen LogP contribution in [0.4, 0.5) is 0 Å². The van der Waals surface area contributed by atoms with E-state index in [4.69, 9.17) is 20.8 Å². The van der Waals surface area contributed by atoms with Gasteiger partial charge in [0, 0.05) is 12.8 Å². The number of aliphatic hydroxyl groups is 1. The highest BCUT2D eigenvalue weighted by atomic mass is 35.5. The molecular weight excluding hydrogens is 368 g/mol. The molecule has 1 saturated heterocycles. The number of furan rings is 1. The number of halogens is 1. The predicted molar refractivity (Wildman–Crippen MR) is 100 cm³/mol. The Bertz CT molecular complexity index is 1050. The first-order valence-electron chi connectivity index (χ1n) is 8.89. The van der Waals surface area contributed by atoms with Gasteiger partial charge >= 0.3 is 0 Å². The number of aliphatic hydroxyl groups excluding tert-OH is 1. The highest BCUT2D eigenvalue weighted by molar-refractivity contribution is 6.33. The van der Waals surface area contributed by atoms with E-state index in [-0.39, 0.29) is 5.15 Å². The van der Waals surface area contributed by atoms with Crippen LogP contribution in [0.25, 0.3) is 22.7 Å². The van der Waals surface area contributed by atoms with Gasteiger partial charge in [0.15, 0.2) is 28.6 Å². The lowest BCUT2D eigenvalue weighted by molar-refractivity contribution is -0.00536. The van der Waals surface area contributed by atoms with Crippen LogP contribution in [0.2, 0.25) is 5.15 Å². The summed E-state index contributed by atoms with van der Waals surface area (Å²) in [7, 11) is 0. The smallest absolute Gasteiger partial charge is 0.208 e. The third-order valence-corrected chi connectivity index (χ3v) is 4.58. The second-order valence-electron chi connectivity index (χ2n) is 6.40. The fourth-order valence-corrected chi connectivity index (χ4v) is 3.25. The van der Waals surface area contributed by atoms with Gasteiger partial charge < -0.3 is 14.3 Å². The summed E-state index contributed by atoms with van der Waals surface area (Å²) in [5.41, 5.74) is 0.885. The highest BCUT2D eigenvalue weighted by Gasteiger charge is 2.33. The van der Waals surface area contributed by atoms with Crippen LogP contribution in [0.3, 0.4) is 0 Å². The largest absolute Gasteiger partial charge is 0.458 e. The number of hydrogen-bond acceptors (Lipinski definition) is 6. The molecule has 0 aromatic carbocycles. The molecule has 0 saturated carbocycles. The molecule has 0 spiro atoms. The van der Waals surface area contributed by atoms with E-state index in [9.17, 15) is 5.11 Å². The number of unbranched alkanes of at least 4 members (excludes halogenated alkanes) is 1. The average Bonchev–Trinajstić information content (AvgIpc) is 3.33. The van der Waals surface area contributed by atoms with E-state index in [1.54, 1.807) is 4.57 Å². The molecule has 3 aromatic heterocycles. The van der Waals surface area contributed by atoms with Gasteiger partial charge in [0.2, 0.25) is 5.82 Å². The lowest BCUT2D eigenvalue weighted by Gasteiger charge is -2.18. The fourth-order valence-electron chi connectivity index (χ4n) is 3.04. The van der Waals surface area contributed by atoms with Crippen molar-refractivity contribution in [3.05, 3.63) is 28.9 Å². The van der Waals surface area contributed by atoms with Crippen LogP contribution in [0.5, 0.6) is 0 Å². The van der Waals surface area contributed by atoms with E-state index in [0.717, 1.165) is 18.6 Å². The minimum atomic E-state index is -0.680. The Balaban J connectivity index is 1.94. The lowest BCUT2D eigenvalue weighted by atomic mass is 10.2. The molecule has 0 bridgehead atoms. The summed E-state index contributed by atoms with van der Waals surface area (Å²) >= 11 is 6.37. The second-order valence-corrected chi connectivity index (χ2v) is 6.75. The van der Waals surface area contributed by atoms with E-state index in [1.165, 1.54) is 0 Å². The van der Waals surface area contributed by atoms with Crippen molar-refractivity contribution in [1.29, 1.82) is 0 Å². The third-order valence-electron chi connectivity index (χ3n) is 4.32. The first kappa shape index (κ1) is 18.0. The molecule has 8 heteroatoms. The minimum absolute atomic E-state index is 0.205. The Morgan fingerprint density at radius 3 is 2.85 bits per heavy atom. The molecule has 7 nitrogen and oxygen atoms in total. The van der Waals surface area contributed by atoms with E-state index < -0.39 is 12.3 Å². The van der Waals surface area contributed by atoms with Crippen LogP contribution in [0.15, 0.2) is 16.5 Å². The molecule has 0 aliphatic carbocycles. The molecule has 4 heterocycles. The Hall–Kier alpha value is -2.40. The molecular formula is C19H19ClN4O3. The first-order chi connectivity index (χ1) is 13.1. The summed E-state index contributed by atoms with van der Waals surface area (Å²) in [6.45, 7) is 4.35. The van der Waals surface area contributed by atoms with Gasteiger partial charge in [-0.3, -0.25) is 4.57 Å². The van der Waals surface area contributed by atoms with Gasteiger partial charge in [-0.15, -0.1) is 0 Å². The van der Waals surface area contributed by atoms with Crippen molar-refractivity contribution in [3.63, 3.8) is 0 Å². The zero-order valence-electron chi connectivity index (χ0n) is 15.1. The van der Waals surface area contributed by atoms with E-state index in [2.05, 4.69) is 33.7 Å². The molecule has 1 N–H and O–H groups in total. The van der Waals surface area contributed by atoms with Crippen LogP contribution in [-0.2, 0) is 4.74 Å². The topological polar surface area (TPSA) is 86.2 Å². The van der Waals surface area contributed by atoms with E-state index in [0.29, 0.717) is 41.6 Å². The monoisotopic (exact) mass is 386 g/mol. The Morgan fingerprint density at radius 2 is 2.19 bits per heavy atom. The van der Waals surface area contributed by atoms with Gasteiger partial charge in [-0.25, -0.2) is 15.0 Å². The lowest BCUT2D eigenvalue weighted by Crippen LogP contribution is -2.20. The van der Waals surface area contributed by atoms with Gasteiger partial charge in [0.05, 0.1) is 6.61 Å². The molecule has 1 aliphatic heterocycles. The maximum absolute atomic E-state index is 10.4. The summed E-state index contributed by atoms with van der Waals surface area (Å²) in [4.78, 5) is 13.4. The Kier molecular flexibility index (Phi) is 4.87. The zero-order chi connectivity index (χ0) is 19.0. The maximum Gasteiger partial charge on any atom is 0.208 e. The standard InChI is InChI=1S/C19H19ClN4O3/c1-3-4-5-6-14-21-16(20)15-18(22-14)24(19-12(25)9-10-26-19)17(23-15)13-8-7-11(2)27-13/h7-8,12,19,25H,3-4,9-10H2,1-2H3/t12-,19-/m1/s1. The molecule has 0 radical (unpaired) electrons. The summed E-state index contributed by atoms with van der Waals surface area (Å²) in [5.74, 6) is 8.05. The quantitative estimate of drug-likeness (QED) is 0.547. The number of aromatic nitrogens is 4. The number of ether oxygens (including phenoxy) is 1. The molecule has 0 unspecified atom stereocenters. The van der Waals surface area contributed by atoms with Gasteiger partial charge in [-0.1, -0.05) is 24.4 Å². The minimum Gasteiger partial charge on any atom is -0.458 e. The number of rotatable bonds is 3. The summed E-state index contributed by atoms with van der Waals surface area (Å²) < 4.78 is 13.2. The molecule has 4 rings (SSSR count). The SMILES string of the molecule is CCCC#Cc1nc(Cl)c2nc(-c3ccc(C)o3)n([C@@H]3OCC[C@H]3O)c2n1. The molecule has 3 aromatic rings. The van der Waals surface area contributed by atoms with Crippen molar-refractivity contribution in [1.82, 2.24) is 19.5 Å². The number of aryl methyl sites for hydroxylation is 1. The summed E-state index contributed by atoms with van der Waals surface area (Å²) in [6.07, 6.45) is 0.923. The first-order valence-corrected chi connectivity index (χ1v) is 9.27. The van der Waals surface area contributed by atoms with Crippen LogP contribution >= 0.6 is 11.6 Å². The van der Waals surface area contributed by atoms with Crippen LogP contribution in [-0.4, -0.2) is 37.3 Å². The van der Waals surface area contributed by atoms with Crippen molar-refractivity contribution in [3.8, 4) is 23.4 Å². The van der Waals surface area contributed by atoms with Crippen LogP contribution < -0.4 is 0 Å². The van der Waals surface area contributed by atoms with Crippen molar-refractivity contribution in [2.24, 2.45) is 0 Å². The second kappa shape index (κ2) is 7.31.